The van der Waals surface area contributed by atoms with Gasteiger partial charge in [-0.2, -0.15) is 0 Å². The van der Waals surface area contributed by atoms with Crippen molar-refractivity contribution in [3.05, 3.63) is 12.3 Å². The van der Waals surface area contributed by atoms with Crippen LogP contribution in [0.25, 0.3) is 0 Å². The molecule has 0 amide bonds. The molecule has 4 nitrogen and oxygen atoms in total. The Hall–Kier alpha value is -0.870. The van der Waals surface area contributed by atoms with Crippen molar-refractivity contribution in [3.8, 4) is 0 Å². The van der Waals surface area contributed by atoms with E-state index in [4.69, 9.17) is 9.47 Å². The highest BCUT2D eigenvalue weighted by molar-refractivity contribution is 5.56. The molecule has 0 bridgehead atoms. The van der Waals surface area contributed by atoms with E-state index in [1.165, 1.54) is 0 Å². The zero-order chi connectivity index (χ0) is 13.4. The summed E-state index contributed by atoms with van der Waals surface area (Å²) >= 11 is 0. The van der Waals surface area contributed by atoms with Crippen molar-refractivity contribution >= 4 is 6.34 Å². The van der Waals surface area contributed by atoms with Crippen LogP contribution in [0.3, 0.4) is 0 Å². The zero-order valence-corrected chi connectivity index (χ0v) is 11.9. The fourth-order valence-electron chi connectivity index (χ4n) is 2.56. The Kier molecular flexibility index (Phi) is 6.36. The van der Waals surface area contributed by atoms with Gasteiger partial charge in [0.2, 0.25) is 0 Å². The first-order valence-corrected chi connectivity index (χ1v) is 6.70. The van der Waals surface area contributed by atoms with Gasteiger partial charge in [-0.1, -0.05) is 6.58 Å². The largest absolute Gasteiger partial charge is 0.353 e. The summed E-state index contributed by atoms with van der Waals surface area (Å²) in [5.41, 5.74) is 1.03. The van der Waals surface area contributed by atoms with Gasteiger partial charge in [-0.3, -0.25) is 4.99 Å². The van der Waals surface area contributed by atoms with Crippen LogP contribution in [0.2, 0.25) is 0 Å². The molecule has 0 aromatic carbocycles. The van der Waals surface area contributed by atoms with E-state index >= 15 is 0 Å². The first-order chi connectivity index (χ1) is 8.65. The molecule has 1 rings (SSSR count). The minimum atomic E-state index is -0.342. The van der Waals surface area contributed by atoms with Crippen LogP contribution in [-0.4, -0.2) is 32.9 Å². The van der Waals surface area contributed by atoms with E-state index in [2.05, 4.69) is 16.9 Å². The molecule has 18 heavy (non-hydrogen) atoms. The normalized spacial score (nSPS) is 28.5. The number of rotatable bonds is 7. The predicted octanol–water partition coefficient (Wildman–Crippen LogP) is 2.71. The van der Waals surface area contributed by atoms with E-state index in [1.54, 1.807) is 20.5 Å². The quantitative estimate of drug-likeness (QED) is 0.431. The molecular weight excluding hydrogens is 228 g/mol. The van der Waals surface area contributed by atoms with Gasteiger partial charge in [0, 0.05) is 39.3 Å². The van der Waals surface area contributed by atoms with Crippen molar-refractivity contribution in [3.63, 3.8) is 0 Å². The maximum absolute atomic E-state index is 5.76. The summed E-state index contributed by atoms with van der Waals surface area (Å²) in [6.07, 6.45) is 6.87. The van der Waals surface area contributed by atoms with Gasteiger partial charge in [0.25, 0.3) is 0 Å². The van der Waals surface area contributed by atoms with Gasteiger partial charge in [0.05, 0.1) is 6.34 Å². The van der Waals surface area contributed by atoms with Gasteiger partial charge >= 0.3 is 0 Å². The minimum absolute atomic E-state index is 0.342. The first kappa shape index (κ1) is 15.2. The second-order valence-corrected chi connectivity index (χ2v) is 4.83. The lowest BCUT2D eigenvalue weighted by molar-refractivity contribution is -0.240. The fourth-order valence-corrected chi connectivity index (χ4v) is 2.56. The molecule has 0 heterocycles. The van der Waals surface area contributed by atoms with Crippen LogP contribution in [0.1, 0.15) is 39.0 Å². The van der Waals surface area contributed by atoms with E-state index < -0.39 is 0 Å². The van der Waals surface area contributed by atoms with E-state index in [1.807, 2.05) is 6.92 Å². The molecule has 104 valence electrons. The predicted molar refractivity (Wildman–Crippen MR) is 74.6 cm³/mol. The third-order valence-corrected chi connectivity index (χ3v) is 3.58. The lowest BCUT2D eigenvalue weighted by Crippen LogP contribution is -2.39. The maximum Gasteiger partial charge on any atom is 0.167 e. The summed E-state index contributed by atoms with van der Waals surface area (Å²) in [5.74, 6) is 0.323. The van der Waals surface area contributed by atoms with Crippen LogP contribution < -0.4 is 5.32 Å². The highest BCUT2D eigenvalue weighted by Crippen LogP contribution is 2.37. The third-order valence-electron chi connectivity index (χ3n) is 3.58. The van der Waals surface area contributed by atoms with E-state index in [0.717, 1.165) is 37.8 Å². The molecule has 0 aromatic rings. The van der Waals surface area contributed by atoms with Gasteiger partial charge in [-0.15, -0.1) is 0 Å². The number of ether oxygens (including phenoxy) is 2. The average molecular weight is 254 g/mol. The summed E-state index contributed by atoms with van der Waals surface area (Å²) in [5, 5.41) is 3.09. The van der Waals surface area contributed by atoms with Gasteiger partial charge in [-0.25, -0.2) is 0 Å². The molecule has 0 unspecified atom stereocenters. The molecule has 0 saturated heterocycles. The topological polar surface area (TPSA) is 42.9 Å². The molecule has 1 saturated carbocycles. The first-order valence-electron chi connectivity index (χ1n) is 6.70. The van der Waals surface area contributed by atoms with E-state index in [-0.39, 0.29) is 5.79 Å². The number of nitrogens with one attached hydrogen (secondary N) is 1. The Morgan fingerprint density at radius 3 is 2.67 bits per heavy atom. The molecule has 1 N–H and O–H groups in total. The SMILES string of the molecule is C=C(CC1CCC(OC)(OCC)CC1)NC=NC. The van der Waals surface area contributed by atoms with E-state index in [9.17, 15) is 0 Å². The summed E-state index contributed by atoms with van der Waals surface area (Å²) in [6, 6.07) is 0. The highest BCUT2D eigenvalue weighted by atomic mass is 16.7. The Morgan fingerprint density at radius 1 is 1.50 bits per heavy atom. The van der Waals surface area contributed by atoms with Crippen LogP contribution >= 0.6 is 0 Å². The molecule has 0 atom stereocenters. The van der Waals surface area contributed by atoms with Crippen molar-refractivity contribution in [1.29, 1.82) is 0 Å². The number of methoxy groups -OCH3 is 1. The summed E-state index contributed by atoms with van der Waals surface area (Å²) in [6.45, 7) is 6.74. The molecule has 1 aliphatic rings. The lowest BCUT2D eigenvalue weighted by atomic mass is 9.82. The smallest absolute Gasteiger partial charge is 0.167 e. The molecule has 0 aromatic heterocycles. The molecular formula is C14H26N2O2. The van der Waals surface area contributed by atoms with Crippen LogP contribution in [0.15, 0.2) is 17.3 Å². The monoisotopic (exact) mass is 254 g/mol. The molecule has 1 fully saturated rings. The minimum Gasteiger partial charge on any atom is -0.353 e. The van der Waals surface area contributed by atoms with Crippen LogP contribution in [-0.2, 0) is 9.47 Å². The highest BCUT2D eigenvalue weighted by Gasteiger charge is 2.35. The number of aliphatic imine (C=N–C) groups is 1. The molecule has 4 heteroatoms. The Bertz CT molecular complexity index is 282. The van der Waals surface area contributed by atoms with Crippen molar-refractivity contribution in [2.24, 2.45) is 10.9 Å². The van der Waals surface area contributed by atoms with Gasteiger partial charge in [0.1, 0.15) is 0 Å². The molecule has 0 spiro atoms. The lowest BCUT2D eigenvalue weighted by Gasteiger charge is -2.38. The number of nitrogens with zero attached hydrogens (tertiary/aromatic N) is 1. The van der Waals surface area contributed by atoms with Crippen molar-refractivity contribution in [2.75, 3.05) is 20.8 Å². The van der Waals surface area contributed by atoms with Gasteiger partial charge in [-0.05, 0) is 32.1 Å². The summed E-state index contributed by atoms with van der Waals surface area (Å²) < 4.78 is 11.3. The third kappa shape index (κ3) is 4.42. The van der Waals surface area contributed by atoms with Gasteiger partial charge < -0.3 is 14.8 Å². The second kappa shape index (κ2) is 7.54. The fraction of sp³-hybridized carbons (Fsp3) is 0.786. The average Bonchev–Trinajstić information content (AvgIpc) is 2.39. The van der Waals surface area contributed by atoms with Crippen LogP contribution in [0.4, 0.5) is 0 Å². The zero-order valence-electron chi connectivity index (χ0n) is 11.9. The van der Waals surface area contributed by atoms with Crippen molar-refractivity contribution in [2.45, 2.75) is 44.8 Å². The Balaban J connectivity index is 2.36. The van der Waals surface area contributed by atoms with Crippen LogP contribution in [0.5, 0.6) is 0 Å². The summed E-state index contributed by atoms with van der Waals surface area (Å²) in [7, 11) is 3.49. The molecule has 0 aliphatic heterocycles. The van der Waals surface area contributed by atoms with E-state index in [0.29, 0.717) is 12.5 Å². The maximum atomic E-state index is 5.76. The standard InChI is InChI=1S/C14H26N2O2/c1-5-18-14(17-4)8-6-13(7-9-14)10-12(2)16-11-15-3/h11,13H,2,5-10H2,1,3-4H3,(H,15,16). The Labute approximate surface area is 110 Å². The molecule has 0 radical (unpaired) electrons. The molecule has 1 aliphatic carbocycles. The summed E-state index contributed by atoms with van der Waals surface area (Å²) in [4.78, 5) is 3.89. The van der Waals surface area contributed by atoms with Crippen LogP contribution in [0, 0.1) is 5.92 Å². The Morgan fingerprint density at radius 2 is 2.17 bits per heavy atom. The van der Waals surface area contributed by atoms with Crippen molar-refractivity contribution in [1.82, 2.24) is 5.32 Å². The number of hydrogen-bond acceptors (Lipinski definition) is 3. The number of hydrogen-bond donors (Lipinski definition) is 1. The van der Waals surface area contributed by atoms with Crippen molar-refractivity contribution < 1.29 is 9.47 Å². The number of allylic oxidation sites excluding steroid dienone is 1. The second-order valence-electron chi connectivity index (χ2n) is 4.83. The van der Waals surface area contributed by atoms with Gasteiger partial charge in [0.15, 0.2) is 5.79 Å².